The molecule has 1 saturated heterocycles. The summed E-state index contributed by atoms with van der Waals surface area (Å²) >= 11 is 0. The Morgan fingerprint density at radius 3 is 2.95 bits per heavy atom. The minimum absolute atomic E-state index is 0.747. The number of benzene rings is 1. The molecule has 104 valence electrons. The standard InChI is InChI=1S/C16H24N2O/c1-19-12-13-6-9-18(10-7-13)15-5-4-14-3-2-8-17-16(14)11-15/h4-5,11,13,17H,2-3,6-10,12H2,1H3. The number of rotatable bonds is 3. The number of hydrogen-bond acceptors (Lipinski definition) is 3. The molecule has 19 heavy (non-hydrogen) atoms. The summed E-state index contributed by atoms with van der Waals surface area (Å²) in [7, 11) is 1.81. The van der Waals surface area contributed by atoms with Crippen LogP contribution in [0.15, 0.2) is 18.2 Å². The molecule has 3 nitrogen and oxygen atoms in total. The van der Waals surface area contributed by atoms with Crippen molar-refractivity contribution in [2.24, 2.45) is 5.92 Å². The third kappa shape index (κ3) is 2.86. The lowest BCUT2D eigenvalue weighted by molar-refractivity contribution is 0.139. The maximum atomic E-state index is 5.27. The summed E-state index contributed by atoms with van der Waals surface area (Å²) in [5, 5.41) is 3.52. The van der Waals surface area contributed by atoms with Crippen molar-refractivity contribution in [3.63, 3.8) is 0 Å². The maximum Gasteiger partial charge on any atom is 0.0491 e. The van der Waals surface area contributed by atoms with Crippen LogP contribution in [0.3, 0.4) is 0 Å². The van der Waals surface area contributed by atoms with Crippen molar-refractivity contribution >= 4 is 11.4 Å². The van der Waals surface area contributed by atoms with Crippen molar-refractivity contribution in [2.75, 3.05) is 43.6 Å². The number of nitrogens with zero attached hydrogens (tertiary/aromatic N) is 1. The number of hydrogen-bond donors (Lipinski definition) is 1. The first-order valence-electron chi connectivity index (χ1n) is 7.47. The molecule has 0 saturated carbocycles. The highest BCUT2D eigenvalue weighted by molar-refractivity contribution is 5.63. The van der Waals surface area contributed by atoms with Gasteiger partial charge in [0.1, 0.15) is 0 Å². The van der Waals surface area contributed by atoms with E-state index in [1.807, 2.05) is 7.11 Å². The lowest BCUT2D eigenvalue weighted by atomic mass is 9.96. The Morgan fingerprint density at radius 2 is 2.16 bits per heavy atom. The Hall–Kier alpha value is -1.22. The molecule has 0 unspecified atom stereocenters. The number of anilines is 2. The zero-order chi connectivity index (χ0) is 13.1. The van der Waals surface area contributed by atoms with Gasteiger partial charge in [-0.2, -0.15) is 0 Å². The van der Waals surface area contributed by atoms with Gasteiger partial charge >= 0.3 is 0 Å². The number of methoxy groups -OCH3 is 1. The van der Waals surface area contributed by atoms with Gasteiger partial charge in [0.25, 0.3) is 0 Å². The molecule has 2 heterocycles. The van der Waals surface area contributed by atoms with Gasteiger partial charge in [-0.25, -0.2) is 0 Å². The van der Waals surface area contributed by atoms with Crippen LogP contribution in [0.1, 0.15) is 24.8 Å². The molecule has 1 aromatic rings. The minimum Gasteiger partial charge on any atom is -0.385 e. The molecule has 1 N–H and O–H groups in total. The van der Waals surface area contributed by atoms with Crippen LogP contribution >= 0.6 is 0 Å². The second-order valence-corrected chi connectivity index (χ2v) is 5.76. The van der Waals surface area contributed by atoms with Gasteiger partial charge in [-0.15, -0.1) is 0 Å². The van der Waals surface area contributed by atoms with E-state index in [0.717, 1.165) is 32.2 Å². The SMILES string of the molecule is COCC1CCN(c2ccc3c(c2)NCCC3)CC1. The molecule has 1 aromatic carbocycles. The van der Waals surface area contributed by atoms with Gasteiger partial charge in [0.2, 0.25) is 0 Å². The van der Waals surface area contributed by atoms with Gasteiger partial charge in [0.15, 0.2) is 0 Å². The van der Waals surface area contributed by atoms with Crippen LogP contribution in [-0.4, -0.2) is 33.4 Å². The largest absolute Gasteiger partial charge is 0.385 e. The highest BCUT2D eigenvalue weighted by Gasteiger charge is 2.20. The fraction of sp³-hybridized carbons (Fsp3) is 0.625. The summed E-state index contributed by atoms with van der Waals surface area (Å²) in [4.78, 5) is 2.52. The Balaban J connectivity index is 1.66. The highest BCUT2D eigenvalue weighted by atomic mass is 16.5. The van der Waals surface area contributed by atoms with Crippen LogP contribution in [0.2, 0.25) is 0 Å². The predicted octanol–water partition coefficient (Wildman–Crippen LogP) is 2.91. The van der Waals surface area contributed by atoms with E-state index in [2.05, 4.69) is 28.4 Å². The number of aryl methyl sites for hydroxylation is 1. The molecule has 0 spiro atoms. The smallest absolute Gasteiger partial charge is 0.0491 e. The molecule has 0 bridgehead atoms. The second-order valence-electron chi connectivity index (χ2n) is 5.76. The van der Waals surface area contributed by atoms with E-state index >= 15 is 0 Å². The first-order chi connectivity index (χ1) is 9.36. The average Bonchev–Trinajstić information content (AvgIpc) is 2.48. The Labute approximate surface area is 115 Å². The van der Waals surface area contributed by atoms with Crippen molar-refractivity contribution in [3.05, 3.63) is 23.8 Å². The number of nitrogens with one attached hydrogen (secondary N) is 1. The molecule has 1 fully saturated rings. The molecule has 2 aliphatic heterocycles. The van der Waals surface area contributed by atoms with Crippen molar-refractivity contribution < 1.29 is 4.74 Å². The first-order valence-corrected chi connectivity index (χ1v) is 7.47. The van der Waals surface area contributed by atoms with Gasteiger partial charge in [-0.3, -0.25) is 0 Å². The number of piperidine rings is 1. The lowest BCUT2D eigenvalue weighted by Gasteiger charge is -2.34. The summed E-state index contributed by atoms with van der Waals surface area (Å²) in [6.07, 6.45) is 4.98. The molecular formula is C16H24N2O. The van der Waals surface area contributed by atoms with Crippen molar-refractivity contribution in [2.45, 2.75) is 25.7 Å². The van der Waals surface area contributed by atoms with Crippen molar-refractivity contribution in [1.29, 1.82) is 0 Å². The molecule has 3 rings (SSSR count). The van der Waals surface area contributed by atoms with E-state index in [1.165, 1.54) is 42.6 Å². The van der Waals surface area contributed by atoms with Crippen LogP contribution in [0.25, 0.3) is 0 Å². The number of fused-ring (bicyclic) bond motifs is 1. The molecule has 2 aliphatic rings. The van der Waals surface area contributed by atoms with E-state index < -0.39 is 0 Å². The highest BCUT2D eigenvalue weighted by Crippen LogP contribution is 2.29. The monoisotopic (exact) mass is 260 g/mol. The first kappa shape index (κ1) is 12.8. The number of ether oxygens (including phenoxy) is 1. The van der Waals surface area contributed by atoms with Gasteiger partial charge in [-0.1, -0.05) is 6.07 Å². The molecule has 0 atom stereocenters. The normalized spacial score (nSPS) is 19.9. The van der Waals surface area contributed by atoms with Gasteiger partial charge in [0, 0.05) is 44.7 Å². The summed E-state index contributed by atoms with van der Waals surface area (Å²) in [6, 6.07) is 6.94. The fourth-order valence-electron chi connectivity index (χ4n) is 3.24. The van der Waals surface area contributed by atoms with E-state index in [1.54, 1.807) is 0 Å². The zero-order valence-corrected chi connectivity index (χ0v) is 11.8. The molecule has 3 heteroatoms. The molecule has 0 aliphatic carbocycles. The third-order valence-corrected chi connectivity index (χ3v) is 4.41. The summed E-state index contributed by atoms with van der Waals surface area (Å²) in [5.41, 5.74) is 4.20. The van der Waals surface area contributed by atoms with Crippen LogP contribution in [0.4, 0.5) is 11.4 Å². The van der Waals surface area contributed by atoms with Crippen LogP contribution in [0.5, 0.6) is 0 Å². The van der Waals surface area contributed by atoms with E-state index in [-0.39, 0.29) is 0 Å². The Kier molecular flexibility index (Phi) is 3.92. The Morgan fingerprint density at radius 1 is 1.32 bits per heavy atom. The fourth-order valence-corrected chi connectivity index (χ4v) is 3.24. The molecule has 0 amide bonds. The predicted molar refractivity (Wildman–Crippen MR) is 80.1 cm³/mol. The Bertz CT molecular complexity index is 425. The maximum absolute atomic E-state index is 5.27. The summed E-state index contributed by atoms with van der Waals surface area (Å²) in [6.45, 7) is 4.35. The second kappa shape index (κ2) is 5.83. The van der Waals surface area contributed by atoms with Crippen LogP contribution in [0, 0.1) is 5.92 Å². The zero-order valence-electron chi connectivity index (χ0n) is 11.8. The van der Waals surface area contributed by atoms with Crippen molar-refractivity contribution in [3.8, 4) is 0 Å². The quantitative estimate of drug-likeness (QED) is 0.904. The van der Waals surface area contributed by atoms with E-state index in [4.69, 9.17) is 4.74 Å². The van der Waals surface area contributed by atoms with Gasteiger partial charge < -0.3 is 15.0 Å². The van der Waals surface area contributed by atoms with Gasteiger partial charge in [0.05, 0.1) is 0 Å². The molecule has 0 aromatic heterocycles. The third-order valence-electron chi connectivity index (χ3n) is 4.41. The topological polar surface area (TPSA) is 24.5 Å². The van der Waals surface area contributed by atoms with E-state index in [9.17, 15) is 0 Å². The molecular weight excluding hydrogens is 236 g/mol. The summed E-state index contributed by atoms with van der Waals surface area (Å²) < 4.78 is 5.27. The molecule has 0 radical (unpaired) electrons. The average molecular weight is 260 g/mol. The van der Waals surface area contributed by atoms with Gasteiger partial charge in [-0.05, 0) is 49.3 Å². The summed E-state index contributed by atoms with van der Waals surface area (Å²) in [5.74, 6) is 0.747. The van der Waals surface area contributed by atoms with Crippen molar-refractivity contribution in [1.82, 2.24) is 0 Å². The van der Waals surface area contributed by atoms with Crippen LogP contribution in [-0.2, 0) is 11.2 Å². The lowest BCUT2D eigenvalue weighted by Crippen LogP contribution is -2.35. The van der Waals surface area contributed by atoms with Crippen LogP contribution < -0.4 is 10.2 Å². The minimum atomic E-state index is 0.747. The van der Waals surface area contributed by atoms with E-state index in [0.29, 0.717) is 0 Å².